The number of amides is 1. The third-order valence-corrected chi connectivity index (χ3v) is 2.77. The maximum absolute atomic E-state index is 11.8. The Morgan fingerprint density at radius 3 is 2.58 bits per heavy atom. The normalized spacial score (nSPS) is 11.0. The lowest BCUT2D eigenvalue weighted by atomic mass is 10.2. The Kier molecular flexibility index (Phi) is 7.15. The highest BCUT2D eigenvalue weighted by atomic mass is 16.2. The number of carbonyl (C=O) groups is 1. The van der Waals surface area contributed by atoms with Gasteiger partial charge in [0.05, 0.1) is 6.54 Å². The molecule has 0 saturated carbocycles. The molecule has 4 heteroatoms. The van der Waals surface area contributed by atoms with Crippen molar-refractivity contribution in [1.29, 1.82) is 0 Å². The monoisotopic (exact) mass is 263 g/mol. The minimum absolute atomic E-state index is 0.0677. The summed E-state index contributed by atoms with van der Waals surface area (Å²) in [4.78, 5) is 13.9. The summed E-state index contributed by atoms with van der Waals surface area (Å²) in [6, 6.07) is 10.1. The largest absolute Gasteiger partial charge is 0.355 e. The minimum Gasteiger partial charge on any atom is -0.355 e. The molecule has 0 aliphatic heterocycles. The molecule has 0 bridgehead atoms. The Bertz CT molecular complexity index is 365. The third-order valence-electron chi connectivity index (χ3n) is 2.77. The van der Waals surface area contributed by atoms with Crippen molar-refractivity contribution in [3.8, 4) is 0 Å². The Balaban J connectivity index is 2.46. The maximum atomic E-state index is 11.8. The molecule has 0 saturated heterocycles. The van der Waals surface area contributed by atoms with Crippen LogP contribution in [0, 0.1) is 5.92 Å². The van der Waals surface area contributed by atoms with Crippen LogP contribution in [0.4, 0.5) is 0 Å². The van der Waals surface area contributed by atoms with Crippen LogP contribution >= 0.6 is 0 Å². The summed E-state index contributed by atoms with van der Waals surface area (Å²) >= 11 is 0. The second-order valence-corrected chi connectivity index (χ2v) is 5.18. The number of nitrogens with zero attached hydrogens (tertiary/aromatic N) is 1. The molecule has 0 aromatic heterocycles. The first-order valence-electron chi connectivity index (χ1n) is 6.85. The van der Waals surface area contributed by atoms with Gasteiger partial charge in [-0.15, -0.1) is 0 Å². The van der Waals surface area contributed by atoms with Crippen molar-refractivity contribution in [1.82, 2.24) is 10.2 Å². The zero-order valence-electron chi connectivity index (χ0n) is 11.9. The second-order valence-electron chi connectivity index (χ2n) is 5.18. The Morgan fingerprint density at radius 1 is 1.32 bits per heavy atom. The number of nitrogens with one attached hydrogen (secondary N) is 1. The first-order chi connectivity index (χ1) is 9.11. The van der Waals surface area contributed by atoms with Gasteiger partial charge in [-0.2, -0.15) is 0 Å². The third kappa shape index (κ3) is 6.94. The molecule has 0 heterocycles. The summed E-state index contributed by atoms with van der Waals surface area (Å²) in [5, 5.41) is 2.94. The molecule has 0 spiro atoms. The highest BCUT2D eigenvalue weighted by molar-refractivity contribution is 5.78. The summed E-state index contributed by atoms with van der Waals surface area (Å²) in [7, 11) is 0. The van der Waals surface area contributed by atoms with Gasteiger partial charge in [0.1, 0.15) is 0 Å². The number of carbonyl (C=O) groups excluding carboxylic acids is 1. The lowest BCUT2D eigenvalue weighted by Gasteiger charge is -2.21. The minimum atomic E-state index is 0.0677. The molecule has 1 rings (SSSR count). The fraction of sp³-hybridized carbons (Fsp3) is 0.533. The Hall–Kier alpha value is -1.39. The smallest absolute Gasteiger partial charge is 0.234 e. The molecule has 106 valence electrons. The van der Waals surface area contributed by atoms with Gasteiger partial charge in [0, 0.05) is 26.2 Å². The highest BCUT2D eigenvalue weighted by Crippen LogP contribution is 2.03. The van der Waals surface area contributed by atoms with Gasteiger partial charge in [-0.3, -0.25) is 9.69 Å². The van der Waals surface area contributed by atoms with Crippen molar-refractivity contribution in [2.45, 2.75) is 20.4 Å². The van der Waals surface area contributed by atoms with E-state index >= 15 is 0 Å². The van der Waals surface area contributed by atoms with Gasteiger partial charge >= 0.3 is 0 Å². The molecule has 0 fully saturated rings. The van der Waals surface area contributed by atoms with Gasteiger partial charge < -0.3 is 11.1 Å². The van der Waals surface area contributed by atoms with Gasteiger partial charge in [-0.1, -0.05) is 44.2 Å². The average molecular weight is 263 g/mol. The number of benzene rings is 1. The molecule has 1 amide bonds. The fourth-order valence-corrected chi connectivity index (χ4v) is 1.82. The van der Waals surface area contributed by atoms with Crippen LogP contribution in [0.25, 0.3) is 0 Å². The van der Waals surface area contributed by atoms with Crippen molar-refractivity contribution in [3.63, 3.8) is 0 Å². The zero-order chi connectivity index (χ0) is 14.1. The van der Waals surface area contributed by atoms with Crippen molar-refractivity contribution in [2.75, 3.05) is 26.2 Å². The van der Waals surface area contributed by atoms with Crippen LogP contribution in [0.15, 0.2) is 30.3 Å². The van der Waals surface area contributed by atoms with Gasteiger partial charge in [0.2, 0.25) is 5.91 Å². The second kappa shape index (κ2) is 8.67. The summed E-state index contributed by atoms with van der Waals surface area (Å²) < 4.78 is 0. The van der Waals surface area contributed by atoms with E-state index in [1.54, 1.807) is 0 Å². The van der Waals surface area contributed by atoms with Crippen LogP contribution in [-0.4, -0.2) is 37.0 Å². The van der Waals surface area contributed by atoms with Crippen LogP contribution in [0.3, 0.4) is 0 Å². The molecule has 19 heavy (non-hydrogen) atoms. The van der Waals surface area contributed by atoms with E-state index in [2.05, 4.69) is 36.2 Å². The molecule has 0 aliphatic rings. The average Bonchev–Trinajstić information content (AvgIpc) is 2.38. The zero-order valence-corrected chi connectivity index (χ0v) is 11.9. The predicted molar refractivity (Wildman–Crippen MR) is 78.6 cm³/mol. The lowest BCUT2D eigenvalue weighted by Crippen LogP contribution is -2.40. The molecular formula is C15H25N3O. The van der Waals surface area contributed by atoms with E-state index in [1.165, 1.54) is 5.56 Å². The summed E-state index contributed by atoms with van der Waals surface area (Å²) in [5.41, 5.74) is 6.81. The van der Waals surface area contributed by atoms with Crippen molar-refractivity contribution in [2.24, 2.45) is 11.7 Å². The van der Waals surface area contributed by atoms with Gasteiger partial charge in [0.15, 0.2) is 0 Å². The van der Waals surface area contributed by atoms with Gasteiger partial charge in [0.25, 0.3) is 0 Å². The van der Waals surface area contributed by atoms with Crippen LogP contribution < -0.4 is 11.1 Å². The standard InChI is InChI=1S/C15H25N3O/c1-13(2)10-17-15(19)12-18(9-8-16)11-14-6-4-3-5-7-14/h3-7,13H,8-12,16H2,1-2H3,(H,17,19). The van der Waals surface area contributed by atoms with Crippen molar-refractivity contribution >= 4 is 5.91 Å². The SMILES string of the molecule is CC(C)CNC(=O)CN(CCN)Cc1ccccc1. The van der Waals surface area contributed by atoms with Crippen molar-refractivity contribution in [3.05, 3.63) is 35.9 Å². The Labute approximate surface area is 116 Å². The van der Waals surface area contributed by atoms with Crippen molar-refractivity contribution < 1.29 is 4.79 Å². The fourth-order valence-electron chi connectivity index (χ4n) is 1.82. The topological polar surface area (TPSA) is 58.4 Å². The van der Waals surface area contributed by atoms with Gasteiger partial charge in [-0.05, 0) is 11.5 Å². The summed E-state index contributed by atoms with van der Waals surface area (Å²) in [5.74, 6) is 0.541. The van der Waals surface area contributed by atoms with E-state index in [0.29, 0.717) is 19.0 Å². The molecule has 0 unspecified atom stereocenters. The summed E-state index contributed by atoms with van der Waals surface area (Å²) in [6.07, 6.45) is 0. The van der Waals surface area contributed by atoms with E-state index in [-0.39, 0.29) is 5.91 Å². The predicted octanol–water partition coefficient (Wildman–Crippen LogP) is 1.22. The van der Waals surface area contributed by atoms with Crippen LogP contribution in [0.2, 0.25) is 0 Å². The maximum Gasteiger partial charge on any atom is 0.234 e. The van der Waals surface area contributed by atoms with E-state index in [9.17, 15) is 4.79 Å². The summed E-state index contributed by atoms with van der Waals surface area (Å²) in [6.45, 7) is 7.34. The lowest BCUT2D eigenvalue weighted by molar-refractivity contribution is -0.122. The first kappa shape index (κ1) is 15.7. The number of hydrogen-bond donors (Lipinski definition) is 2. The number of nitrogens with two attached hydrogens (primary N) is 1. The van der Waals surface area contributed by atoms with Gasteiger partial charge in [-0.25, -0.2) is 0 Å². The highest BCUT2D eigenvalue weighted by Gasteiger charge is 2.10. The molecule has 0 atom stereocenters. The number of rotatable bonds is 8. The van der Waals surface area contributed by atoms with Crippen LogP contribution in [0.1, 0.15) is 19.4 Å². The van der Waals surface area contributed by atoms with E-state index in [0.717, 1.165) is 19.6 Å². The molecule has 0 aliphatic carbocycles. The van der Waals surface area contributed by atoms with E-state index < -0.39 is 0 Å². The Morgan fingerprint density at radius 2 is 2.00 bits per heavy atom. The molecule has 0 radical (unpaired) electrons. The quantitative estimate of drug-likeness (QED) is 0.741. The molecule has 4 nitrogen and oxygen atoms in total. The van der Waals surface area contributed by atoms with E-state index in [1.807, 2.05) is 18.2 Å². The molecule has 1 aromatic carbocycles. The number of hydrogen-bond acceptors (Lipinski definition) is 3. The van der Waals surface area contributed by atoms with E-state index in [4.69, 9.17) is 5.73 Å². The molecule has 3 N–H and O–H groups in total. The molecule has 1 aromatic rings. The van der Waals surface area contributed by atoms with Crippen LogP contribution in [0.5, 0.6) is 0 Å². The first-order valence-corrected chi connectivity index (χ1v) is 6.85. The van der Waals surface area contributed by atoms with Crippen LogP contribution in [-0.2, 0) is 11.3 Å². The molecular weight excluding hydrogens is 238 g/mol.